The highest BCUT2D eigenvalue weighted by Crippen LogP contribution is 2.17. The first-order chi connectivity index (χ1) is 12.0. The zero-order valence-corrected chi connectivity index (χ0v) is 15.0. The zero-order valence-electron chi connectivity index (χ0n) is 15.0. The van der Waals surface area contributed by atoms with Crippen molar-refractivity contribution in [2.24, 2.45) is 0 Å². The van der Waals surface area contributed by atoms with Gasteiger partial charge in [0.05, 0.1) is 6.04 Å². The first kappa shape index (κ1) is 17.9. The smallest absolute Gasteiger partial charge is 0.409 e. The van der Waals surface area contributed by atoms with E-state index in [1.165, 1.54) is 12.1 Å². The number of amides is 1. The van der Waals surface area contributed by atoms with E-state index in [1.807, 2.05) is 0 Å². The average Bonchev–Trinajstić information content (AvgIpc) is 2.63. The lowest BCUT2D eigenvalue weighted by Gasteiger charge is -2.38. The molecule has 0 radical (unpaired) electrons. The van der Waals surface area contributed by atoms with Crippen molar-refractivity contribution in [3.63, 3.8) is 0 Å². The third-order valence-corrected chi connectivity index (χ3v) is 5.11. The van der Waals surface area contributed by atoms with Crippen LogP contribution in [0.1, 0.15) is 0 Å². The predicted octanol–water partition coefficient (Wildman–Crippen LogP) is 1.33. The van der Waals surface area contributed by atoms with Crippen LogP contribution in [-0.2, 0) is 4.74 Å². The summed E-state index contributed by atoms with van der Waals surface area (Å²) < 4.78 is 18.6. The highest BCUT2D eigenvalue weighted by Gasteiger charge is 2.26. The van der Waals surface area contributed by atoms with Gasteiger partial charge in [-0.05, 0) is 38.4 Å². The fourth-order valence-corrected chi connectivity index (χ4v) is 3.34. The Balaban J connectivity index is 1.44. The molecule has 7 heteroatoms. The minimum absolute atomic E-state index is 0.232. The van der Waals surface area contributed by atoms with E-state index in [0.29, 0.717) is 19.7 Å². The molecule has 0 aliphatic carbocycles. The number of piperazine rings is 2. The van der Waals surface area contributed by atoms with Crippen molar-refractivity contribution >= 4 is 11.8 Å². The van der Waals surface area contributed by atoms with Crippen molar-refractivity contribution in [1.82, 2.24) is 14.7 Å². The highest BCUT2D eigenvalue weighted by molar-refractivity contribution is 5.68. The van der Waals surface area contributed by atoms with E-state index in [9.17, 15) is 9.18 Å². The van der Waals surface area contributed by atoms with Gasteiger partial charge in [0.15, 0.2) is 0 Å². The molecule has 25 heavy (non-hydrogen) atoms. The van der Waals surface area contributed by atoms with Gasteiger partial charge in [0.1, 0.15) is 12.4 Å². The summed E-state index contributed by atoms with van der Waals surface area (Å²) in [6.07, 6.45) is -0.236. The largest absolute Gasteiger partial charge is 0.448 e. The molecule has 2 aliphatic heterocycles. The van der Waals surface area contributed by atoms with Gasteiger partial charge < -0.3 is 19.4 Å². The van der Waals surface area contributed by atoms with Gasteiger partial charge in [-0.25, -0.2) is 9.18 Å². The van der Waals surface area contributed by atoms with Gasteiger partial charge >= 0.3 is 6.09 Å². The molecule has 2 aliphatic rings. The SMILES string of the molecule is CN1CCN(C)C(COC(=O)N2CCN(c3ccc(F)cc3)CC2)C1. The van der Waals surface area contributed by atoms with E-state index in [4.69, 9.17) is 4.74 Å². The lowest BCUT2D eigenvalue weighted by molar-refractivity contribution is 0.0396. The van der Waals surface area contributed by atoms with E-state index >= 15 is 0 Å². The van der Waals surface area contributed by atoms with Crippen LogP contribution in [0.5, 0.6) is 0 Å². The number of ether oxygens (including phenoxy) is 1. The highest BCUT2D eigenvalue weighted by atomic mass is 19.1. The number of carbonyl (C=O) groups is 1. The molecule has 0 saturated carbocycles. The lowest BCUT2D eigenvalue weighted by Crippen LogP contribution is -2.53. The van der Waals surface area contributed by atoms with Gasteiger partial charge in [0, 0.05) is 51.5 Å². The molecule has 0 aromatic heterocycles. The molecule has 1 aromatic carbocycles. The number of hydrogen-bond acceptors (Lipinski definition) is 5. The van der Waals surface area contributed by atoms with Crippen LogP contribution in [0.4, 0.5) is 14.9 Å². The van der Waals surface area contributed by atoms with Crippen molar-refractivity contribution in [3.05, 3.63) is 30.1 Å². The monoisotopic (exact) mass is 350 g/mol. The standard InChI is InChI=1S/C18H27FN4O2/c1-20-7-8-21(2)17(13-20)14-25-18(24)23-11-9-22(10-12-23)16-5-3-15(19)4-6-16/h3-6,17H,7-14H2,1-2H3. The number of carbonyl (C=O) groups excluding carboxylic acids is 1. The van der Waals surface area contributed by atoms with Gasteiger partial charge in [-0.15, -0.1) is 0 Å². The molecule has 1 atom stereocenters. The summed E-state index contributed by atoms with van der Waals surface area (Å²) in [5.74, 6) is -0.232. The van der Waals surface area contributed by atoms with Gasteiger partial charge in [0.2, 0.25) is 0 Å². The molecule has 0 N–H and O–H groups in total. The molecule has 2 fully saturated rings. The summed E-state index contributed by atoms with van der Waals surface area (Å²) in [6, 6.07) is 6.74. The maximum atomic E-state index is 13.0. The topological polar surface area (TPSA) is 39.3 Å². The van der Waals surface area contributed by atoms with Crippen molar-refractivity contribution in [2.75, 3.05) is 71.4 Å². The first-order valence-electron chi connectivity index (χ1n) is 8.84. The van der Waals surface area contributed by atoms with Gasteiger partial charge in [0.25, 0.3) is 0 Å². The number of halogens is 1. The van der Waals surface area contributed by atoms with Crippen molar-refractivity contribution in [2.45, 2.75) is 6.04 Å². The Morgan fingerprint density at radius 3 is 2.44 bits per heavy atom. The summed E-state index contributed by atoms with van der Waals surface area (Å²) in [4.78, 5) is 20.8. The Bertz CT molecular complexity index is 575. The summed E-state index contributed by atoms with van der Waals surface area (Å²) in [6.45, 7) is 6.09. The number of hydrogen-bond donors (Lipinski definition) is 0. The first-order valence-corrected chi connectivity index (χ1v) is 8.84. The van der Waals surface area contributed by atoms with Crippen LogP contribution in [-0.4, -0.2) is 93.4 Å². The van der Waals surface area contributed by atoms with Crippen molar-refractivity contribution < 1.29 is 13.9 Å². The summed E-state index contributed by atoms with van der Waals surface area (Å²) >= 11 is 0. The molecule has 6 nitrogen and oxygen atoms in total. The number of benzene rings is 1. The van der Waals surface area contributed by atoms with Gasteiger partial charge in [-0.1, -0.05) is 0 Å². The average molecular weight is 350 g/mol. The summed E-state index contributed by atoms with van der Waals surface area (Å²) in [5.41, 5.74) is 0.987. The molecule has 138 valence electrons. The van der Waals surface area contributed by atoms with Crippen molar-refractivity contribution in [3.8, 4) is 0 Å². The van der Waals surface area contributed by atoms with E-state index in [1.54, 1.807) is 17.0 Å². The second-order valence-corrected chi connectivity index (χ2v) is 6.92. The minimum Gasteiger partial charge on any atom is -0.448 e. The Hall–Kier alpha value is -1.86. The maximum absolute atomic E-state index is 13.0. The van der Waals surface area contributed by atoms with E-state index in [-0.39, 0.29) is 18.0 Å². The van der Waals surface area contributed by atoms with Gasteiger partial charge in [-0.3, -0.25) is 4.90 Å². The molecule has 2 heterocycles. The fraction of sp³-hybridized carbons (Fsp3) is 0.611. The minimum atomic E-state index is -0.236. The van der Waals surface area contributed by atoms with Crippen LogP contribution in [0, 0.1) is 5.82 Å². The third kappa shape index (κ3) is 4.61. The molecule has 3 rings (SSSR count). The molecule has 1 aromatic rings. The number of anilines is 1. The molecule has 1 unspecified atom stereocenters. The van der Waals surface area contributed by atoms with Crippen LogP contribution >= 0.6 is 0 Å². The Labute approximate surface area is 148 Å². The molecule has 2 saturated heterocycles. The maximum Gasteiger partial charge on any atom is 0.409 e. The quantitative estimate of drug-likeness (QED) is 0.822. The lowest BCUT2D eigenvalue weighted by atomic mass is 10.2. The number of likely N-dealkylation sites (N-methyl/N-ethyl adjacent to an activating group) is 2. The second-order valence-electron chi connectivity index (χ2n) is 6.92. The zero-order chi connectivity index (χ0) is 17.8. The Morgan fingerprint density at radius 2 is 1.76 bits per heavy atom. The van der Waals surface area contributed by atoms with Crippen molar-refractivity contribution in [1.29, 1.82) is 0 Å². The third-order valence-electron chi connectivity index (χ3n) is 5.11. The summed E-state index contributed by atoms with van der Waals surface area (Å²) in [5, 5.41) is 0. The van der Waals surface area contributed by atoms with E-state index < -0.39 is 0 Å². The molecule has 0 spiro atoms. The Morgan fingerprint density at radius 1 is 1.08 bits per heavy atom. The van der Waals surface area contributed by atoms with E-state index in [0.717, 1.165) is 38.4 Å². The van der Waals surface area contributed by atoms with Gasteiger partial charge in [-0.2, -0.15) is 0 Å². The predicted molar refractivity (Wildman–Crippen MR) is 95.4 cm³/mol. The molecule has 0 bridgehead atoms. The fourth-order valence-electron chi connectivity index (χ4n) is 3.34. The van der Waals surface area contributed by atoms with Crippen LogP contribution in [0.2, 0.25) is 0 Å². The van der Waals surface area contributed by atoms with Crippen LogP contribution in [0.25, 0.3) is 0 Å². The molecular weight excluding hydrogens is 323 g/mol. The number of nitrogens with zero attached hydrogens (tertiary/aromatic N) is 4. The molecular formula is C18H27FN4O2. The van der Waals surface area contributed by atoms with Crippen LogP contribution < -0.4 is 4.90 Å². The van der Waals surface area contributed by atoms with E-state index in [2.05, 4.69) is 28.8 Å². The number of rotatable bonds is 3. The second kappa shape index (κ2) is 8.01. The van der Waals surface area contributed by atoms with Crippen LogP contribution in [0.3, 0.4) is 0 Å². The normalized spacial score (nSPS) is 22.9. The van der Waals surface area contributed by atoms with Crippen LogP contribution in [0.15, 0.2) is 24.3 Å². The Kier molecular flexibility index (Phi) is 5.75. The summed E-state index contributed by atoms with van der Waals surface area (Å²) in [7, 11) is 4.17. The molecule has 1 amide bonds.